The van der Waals surface area contributed by atoms with Gasteiger partial charge in [-0.25, -0.2) is 4.79 Å². The molecule has 0 saturated heterocycles. The first-order chi connectivity index (χ1) is 9.36. The Labute approximate surface area is 120 Å². The molecule has 1 aromatic carbocycles. The van der Waals surface area contributed by atoms with Crippen LogP contribution in [0.5, 0.6) is 0 Å². The second-order valence-corrected chi connectivity index (χ2v) is 5.43. The van der Waals surface area contributed by atoms with Crippen molar-refractivity contribution in [3.05, 3.63) is 34.9 Å². The minimum Gasteiger partial charge on any atom is -0.467 e. The average Bonchev–Trinajstić information content (AvgIpc) is 2.39. The Morgan fingerprint density at radius 1 is 1.25 bits per heavy atom. The van der Waals surface area contributed by atoms with Gasteiger partial charge in [-0.1, -0.05) is 26.0 Å². The van der Waals surface area contributed by atoms with Crippen LogP contribution in [0.25, 0.3) is 0 Å². The molecule has 1 N–H and O–H groups in total. The number of methoxy groups -OCH3 is 1. The van der Waals surface area contributed by atoms with Crippen molar-refractivity contribution < 1.29 is 14.3 Å². The van der Waals surface area contributed by atoms with Gasteiger partial charge in [-0.3, -0.25) is 4.79 Å². The van der Waals surface area contributed by atoms with E-state index in [1.807, 2.05) is 39.8 Å². The minimum atomic E-state index is -0.604. The van der Waals surface area contributed by atoms with Gasteiger partial charge < -0.3 is 10.1 Å². The smallest absolute Gasteiger partial charge is 0.328 e. The molecule has 0 aliphatic heterocycles. The van der Waals surface area contributed by atoms with Crippen LogP contribution >= 0.6 is 0 Å². The fourth-order valence-corrected chi connectivity index (χ4v) is 2.06. The average molecular weight is 277 g/mol. The Morgan fingerprint density at radius 2 is 1.90 bits per heavy atom. The molecular weight excluding hydrogens is 254 g/mol. The van der Waals surface area contributed by atoms with E-state index in [2.05, 4.69) is 5.32 Å². The van der Waals surface area contributed by atoms with Crippen molar-refractivity contribution in [2.45, 2.75) is 40.2 Å². The maximum Gasteiger partial charge on any atom is 0.328 e. The number of rotatable bonds is 5. The number of carbonyl (C=O) groups is 2. The van der Waals surface area contributed by atoms with E-state index in [1.54, 1.807) is 6.07 Å². The molecule has 0 aromatic heterocycles. The molecule has 4 heteroatoms. The van der Waals surface area contributed by atoms with E-state index in [0.717, 1.165) is 11.1 Å². The Kier molecular flexibility index (Phi) is 5.74. The summed E-state index contributed by atoms with van der Waals surface area (Å²) in [6.07, 6.45) is 0.559. The van der Waals surface area contributed by atoms with Crippen LogP contribution < -0.4 is 5.32 Å². The predicted molar refractivity (Wildman–Crippen MR) is 78.6 cm³/mol. The maximum absolute atomic E-state index is 12.3. The molecule has 1 amide bonds. The number of nitrogens with one attached hydrogen (secondary N) is 1. The summed E-state index contributed by atoms with van der Waals surface area (Å²) in [4.78, 5) is 24.0. The third-order valence-electron chi connectivity index (χ3n) is 3.35. The van der Waals surface area contributed by atoms with Gasteiger partial charge in [-0.15, -0.1) is 0 Å². The predicted octanol–water partition coefficient (Wildman–Crippen LogP) is 2.62. The van der Waals surface area contributed by atoms with Crippen LogP contribution in [0, 0.1) is 19.8 Å². The van der Waals surface area contributed by atoms with E-state index in [0.29, 0.717) is 12.0 Å². The van der Waals surface area contributed by atoms with Crippen molar-refractivity contribution in [2.75, 3.05) is 7.11 Å². The monoisotopic (exact) mass is 277 g/mol. The van der Waals surface area contributed by atoms with Gasteiger partial charge in [-0.05, 0) is 43.4 Å². The molecule has 0 aliphatic rings. The largest absolute Gasteiger partial charge is 0.467 e. The standard InChI is InChI=1S/C16H23NO3/c1-10(2)9-14(16(19)20-5)17-15(18)13-8-6-7-11(3)12(13)4/h6-8,10,14H,9H2,1-5H3,(H,17,18). The normalized spacial score (nSPS) is 12.1. The van der Waals surface area contributed by atoms with Crippen molar-refractivity contribution in [1.82, 2.24) is 5.32 Å². The fourth-order valence-electron chi connectivity index (χ4n) is 2.06. The molecule has 0 saturated carbocycles. The van der Waals surface area contributed by atoms with E-state index < -0.39 is 12.0 Å². The van der Waals surface area contributed by atoms with Crippen molar-refractivity contribution in [3.8, 4) is 0 Å². The number of hydrogen-bond acceptors (Lipinski definition) is 3. The first-order valence-electron chi connectivity index (χ1n) is 6.81. The quantitative estimate of drug-likeness (QED) is 0.842. The van der Waals surface area contributed by atoms with Gasteiger partial charge in [0.2, 0.25) is 0 Å². The SMILES string of the molecule is COC(=O)C(CC(C)C)NC(=O)c1cccc(C)c1C. The second kappa shape index (κ2) is 7.08. The highest BCUT2D eigenvalue weighted by Gasteiger charge is 2.23. The summed E-state index contributed by atoms with van der Waals surface area (Å²) in [5.41, 5.74) is 2.58. The van der Waals surface area contributed by atoms with E-state index >= 15 is 0 Å². The lowest BCUT2D eigenvalue weighted by Gasteiger charge is -2.19. The van der Waals surface area contributed by atoms with Crippen LogP contribution in [0.15, 0.2) is 18.2 Å². The van der Waals surface area contributed by atoms with Crippen molar-refractivity contribution >= 4 is 11.9 Å². The molecular formula is C16H23NO3. The Morgan fingerprint density at radius 3 is 2.45 bits per heavy atom. The zero-order valence-corrected chi connectivity index (χ0v) is 12.8. The molecule has 20 heavy (non-hydrogen) atoms. The van der Waals surface area contributed by atoms with Crippen molar-refractivity contribution in [2.24, 2.45) is 5.92 Å². The lowest BCUT2D eigenvalue weighted by atomic mass is 10.0. The molecule has 1 aromatic rings. The summed E-state index contributed by atoms with van der Waals surface area (Å²) < 4.78 is 4.75. The van der Waals surface area contributed by atoms with Gasteiger partial charge in [0, 0.05) is 5.56 Å². The number of ether oxygens (including phenoxy) is 1. The third kappa shape index (κ3) is 4.08. The highest BCUT2D eigenvalue weighted by molar-refractivity contribution is 5.98. The second-order valence-electron chi connectivity index (χ2n) is 5.43. The summed E-state index contributed by atoms with van der Waals surface area (Å²) >= 11 is 0. The molecule has 1 rings (SSSR count). The summed E-state index contributed by atoms with van der Waals surface area (Å²) in [7, 11) is 1.33. The summed E-state index contributed by atoms with van der Waals surface area (Å²) in [6, 6.07) is 4.96. The van der Waals surface area contributed by atoms with Gasteiger partial charge >= 0.3 is 5.97 Å². The number of benzene rings is 1. The summed E-state index contributed by atoms with van der Waals surface area (Å²) in [5, 5.41) is 2.77. The van der Waals surface area contributed by atoms with Crippen molar-refractivity contribution in [3.63, 3.8) is 0 Å². The van der Waals surface area contributed by atoms with Crippen LogP contribution in [0.2, 0.25) is 0 Å². The molecule has 0 fully saturated rings. The van der Waals surface area contributed by atoms with E-state index in [-0.39, 0.29) is 11.8 Å². The molecule has 0 aliphatic carbocycles. The lowest BCUT2D eigenvalue weighted by molar-refractivity contribution is -0.143. The summed E-state index contributed by atoms with van der Waals surface area (Å²) in [5.74, 6) is -0.349. The van der Waals surface area contributed by atoms with Gasteiger partial charge in [0.25, 0.3) is 5.91 Å². The molecule has 110 valence electrons. The topological polar surface area (TPSA) is 55.4 Å². The van der Waals surface area contributed by atoms with E-state index in [1.165, 1.54) is 7.11 Å². The number of esters is 1. The zero-order chi connectivity index (χ0) is 15.3. The molecule has 0 heterocycles. The first-order valence-corrected chi connectivity index (χ1v) is 6.81. The van der Waals surface area contributed by atoms with Crippen LogP contribution in [0.3, 0.4) is 0 Å². The van der Waals surface area contributed by atoms with Gasteiger partial charge in [-0.2, -0.15) is 0 Å². The maximum atomic E-state index is 12.3. The van der Waals surface area contributed by atoms with E-state index in [9.17, 15) is 9.59 Å². The number of aryl methyl sites for hydroxylation is 1. The number of amides is 1. The molecule has 0 radical (unpaired) electrons. The molecule has 0 bridgehead atoms. The highest BCUT2D eigenvalue weighted by atomic mass is 16.5. The van der Waals surface area contributed by atoms with Gasteiger partial charge in [0.15, 0.2) is 0 Å². The van der Waals surface area contributed by atoms with Crippen LogP contribution in [-0.4, -0.2) is 25.0 Å². The van der Waals surface area contributed by atoms with Crippen LogP contribution in [0.1, 0.15) is 41.8 Å². The van der Waals surface area contributed by atoms with Crippen LogP contribution in [-0.2, 0) is 9.53 Å². The fraction of sp³-hybridized carbons (Fsp3) is 0.500. The first kappa shape index (κ1) is 16.2. The third-order valence-corrected chi connectivity index (χ3v) is 3.35. The highest BCUT2D eigenvalue weighted by Crippen LogP contribution is 2.14. The zero-order valence-electron chi connectivity index (χ0n) is 12.8. The molecule has 1 unspecified atom stereocenters. The Balaban J connectivity index is 2.90. The Bertz CT molecular complexity index is 494. The van der Waals surface area contributed by atoms with Crippen molar-refractivity contribution in [1.29, 1.82) is 0 Å². The molecule has 1 atom stereocenters. The summed E-state index contributed by atoms with van der Waals surface area (Å²) in [6.45, 7) is 7.86. The molecule has 0 spiro atoms. The van der Waals surface area contributed by atoms with Gasteiger partial charge in [0.05, 0.1) is 7.11 Å². The minimum absolute atomic E-state index is 0.234. The molecule has 4 nitrogen and oxygen atoms in total. The van der Waals surface area contributed by atoms with E-state index in [4.69, 9.17) is 4.74 Å². The number of hydrogen-bond donors (Lipinski definition) is 1. The van der Waals surface area contributed by atoms with Gasteiger partial charge in [0.1, 0.15) is 6.04 Å². The Hall–Kier alpha value is -1.84. The van der Waals surface area contributed by atoms with Crippen LogP contribution in [0.4, 0.5) is 0 Å². The lowest BCUT2D eigenvalue weighted by Crippen LogP contribution is -2.42. The number of carbonyl (C=O) groups excluding carboxylic acids is 2.